The highest BCUT2D eigenvalue weighted by atomic mass is 16.1. The van der Waals surface area contributed by atoms with E-state index in [2.05, 4.69) is 25.1 Å². The van der Waals surface area contributed by atoms with Gasteiger partial charge in [0.2, 0.25) is 5.95 Å². The van der Waals surface area contributed by atoms with Crippen LogP contribution < -0.4 is 5.56 Å². The molecule has 0 aromatic carbocycles. The summed E-state index contributed by atoms with van der Waals surface area (Å²) >= 11 is 0. The number of aromatic nitrogens is 7. The van der Waals surface area contributed by atoms with E-state index in [0.29, 0.717) is 17.5 Å². The molecule has 0 amide bonds. The summed E-state index contributed by atoms with van der Waals surface area (Å²) in [6, 6.07) is 1.75. The summed E-state index contributed by atoms with van der Waals surface area (Å²) in [4.78, 5) is 25.8. The molecule has 0 atom stereocenters. The summed E-state index contributed by atoms with van der Waals surface area (Å²) in [6.07, 6.45) is 10.8. The fourth-order valence-corrected chi connectivity index (χ4v) is 3.17. The largest absolute Gasteiger partial charge is 0.296 e. The molecule has 0 spiro atoms. The van der Waals surface area contributed by atoms with Crippen LogP contribution in [0.15, 0.2) is 41.8 Å². The zero-order valence-electron chi connectivity index (χ0n) is 13.5. The lowest BCUT2D eigenvalue weighted by atomic mass is 10.1. The Morgan fingerprint density at radius 1 is 1.24 bits per heavy atom. The Bertz CT molecular complexity index is 1130. The maximum atomic E-state index is 12.8. The number of aryl methyl sites for hydroxylation is 1. The molecule has 0 radical (unpaired) electrons. The van der Waals surface area contributed by atoms with Crippen LogP contribution in [0.4, 0.5) is 0 Å². The van der Waals surface area contributed by atoms with Crippen molar-refractivity contribution in [1.82, 2.24) is 34.3 Å². The molecular weight excluding hydrogens is 318 g/mol. The summed E-state index contributed by atoms with van der Waals surface area (Å²) in [6.45, 7) is 1.91. The number of hydrogen-bond donors (Lipinski definition) is 1. The number of nitrogens with zero attached hydrogens (tertiary/aromatic N) is 6. The Hall–Kier alpha value is -3.29. The number of rotatable bonds is 3. The van der Waals surface area contributed by atoms with E-state index in [0.717, 1.165) is 35.2 Å². The van der Waals surface area contributed by atoms with Crippen molar-refractivity contribution in [2.24, 2.45) is 0 Å². The van der Waals surface area contributed by atoms with E-state index in [1.165, 1.54) is 4.52 Å². The van der Waals surface area contributed by atoms with Crippen molar-refractivity contribution in [3.63, 3.8) is 0 Å². The van der Waals surface area contributed by atoms with E-state index in [-0.39, 0.29) is 5.56 Å². The summed E-state index contributed by atoms with van der Waals surface area (Å²) in [5.74, 6) is 0.854. The molecule has 124 valence electrons. The van der Waals surface area contributed by atoms with Gasteiger partial charge in [-0.2, -0.15) is 5.10 Å². The predicted molar refractivity (Wildman–Crippen MR) is 90.7 cm³/mol. The van der Waals surface area contributed by atoms with Crippen LogP contribution in [0.2, 0.25) is 0 Å². The average Bonchev–Trinajstić information content (AvgIpc) is 3.17. The number of aromatic amines is 1. The first-order valence-corrected chi connectivity index (χ1v) is 8.15. The minimum Gasteiger partial charge on any atom is -0.296 e. The van der Waals surface area contributed by atoms with Crippen molar-refractivity contribution < 1.29 is 0 Å². The van der Waals surface area contributed by atoms with Crippen molar-refractivity contribution in [2.75, 3.05) is 0 Å². The van der Waals surface area contributed by atoms with Gasteiger partial charge in [0.15, 0.2) is 5.65 Å². The molecule has 4 aromatic heterocycles. The number of hydrogen-bond acceptors (Lipinski definition) is 5. The first-order valence-electron chi connectivity index (χ1n) is 8.15. The van der Waals surface area contributed by atoms with Crippen LogP contribution in [0.25, 0.3) is 22.7 Å². The molecule has 1 aliphatic carbocycles. The van der Waals surface area contributed by atoms with Gasteiger partial charge in [0, 0.05) is 47.2 Å². The maximum absolute atomic E-state index is 12.8. The minimum absolute atomic E-state index is 0.00460. The van der Waals surface area contributed by atoms with Crippen molar-refractivity contribution in [1.29, 1.82) is 0 Å². The first kappa shape index (κ1) is 14.1. The van der Waals surface area contributed by atoms with Crippen LogP contribution in [0, 0.1) is 6.92 Å². The highest BCUT2D eigenvalue weighted by Crippen LogP contribution is 2.39. The zero-order valence-corrected chi connectivity index (χ0v) is 13.5. The van der Waals surface area contributed by atoms with Gasteiger partial charge in [0.1, 0.15) is 0 Å². The van der Waals surface area contributed by atoms with Gasteiger partial charge in [-0.1, -0.05) is 0 Å². The van der Waals surface area contributed by atoms with Crippen LogP contribution in [0.5, 0.6) is 0 Å². The lowest BCUT2D eigenvalue weighted by Crippen LogP contribution is -2.21. The van der Waals surface area contributed by atoms with Crippen LogP contribution in [0.1, 0.15) is 30.0 Å². The highest BCUT2D eigenvalue weighted by Gasteiger charge is 2.30. The second-order valence-corrected chi connectivity index (χ2v) is 6.26. The van der Waals surface area contributed by atoms with Gasteiger partial charge >= 0.3 is 0 Å². The van der Waals surface area contributed by atoms with E-state index in [1.54, 1.807) is 35.5 Å². The molecule has 4 aromatic rings. The lowest BCUT2D eigenvalue weighted by molar-refractivity contribution is 0.808. The van der Waals surface area contributed by atoms with Crippen molar-refractivity contribution in [3.8, 4) is 17.1 Å². The molecule has 4 heterocycles. The first-order chi connectivity index (χ1) is 12.2. The van der Waals surface area contributed by atoms with Crippen LogP contribution in [-0.4, -0.2) is 34.3 Å². The van der Waals surface area contributed by atoms with Gasteiger partial charge < -0.3 is 0 Å². The third kappa shape index (κ3) is 2.18. The smallest absolute Gasteiger partial charge is 0.276 e. The molecule has 0 aliphatic heterocycles. The quantitative estimate of drug-likeness (QED) is 0.617. The van der Waals surface area contributed by atoms with Gasteiger partial charge in [-0.15, -0.1) is 0 Å². The molecule has 1 N–H and O–H groups in total. The number of nitrogens with one attached hydrogen (secondary N) is 1. The lowest BCUT2D eigenvalue weighted by Gasteiger charge is -2.04. The normalized spacial score (nSPS) is 14.3. The van der Waals surface area contributed by atoms with Crippen LogP contribution >= 0.6 is 0 Å². The average molecular weight is 333 g/mol. The molecule has 1 aliphatic rings. The van der Waals surface area contributed by atoms with E-state index < -0.39 is 0 Å². The zero-order chi connectivity index (χ0) is 17.0. The minimum atomic E-state index is -0.00460. The molecule has 25 heavy (non-hydrogen) atoms. The monoisotopic (exact) mass is 333 g/mol. The second-order valence-electron chi connectivity index (χ2n) is 6.26. The number of H-pyrrole nitrogens is 1. The van der Waals surface area contributed by atoms with Gasteiger partial charge in [-0.3, -0.25) is 9.89 Å². The SMILES string of the molecule is Cc1nc2c(-c3cnn(-c4ncccn4)c3)c[nH]n2c(=O)c1C1CC1. The number of fused-ring (bicyclic) bond motifs is 1. The Morgan fingerprint density at radius 3 is 2.80 bits per heavy atom. The van der Waals surface area contributed by atoms with E-state index in [9.17, 15) is 4.79 Å². The molecule has 5 rings (SSSR count). The molecule has 8 nitrogen and oxygen atoms in total. The van der Waals surface area contributed by atoms with E-state index in [1.807, 2.05) is 13.1 Å². The third-order valence-corrected chi connectivity index (χ3v) is 4.52. The molecule has 0 bridgehead atoms. The molecule has 1 fully saturated rings. The van der Waals surface area contributed by atoms with Gasteiger partial charge in [0.05, 0.1) is 6.20 Å². The molecule has 0 saturated heterocycles. The second kappa shape index (κ2) is 5.10. The van der Waals surface area contributed by atoms with E-state index >= 15 is 0 Å². The van der Waals surface area contributed by atoms with Crippen molar-refractivity contribution >= 4 is 5.65 Å². The van der Waals surface area contributed by atoms with Crippen molar-refractivity contribution in [3.05, 3.63) is 58.7 Å². The molecule has 0 unspecified atom stereocenters. The topological polar surface area (TPSA) is 93.8 Å². The van der Waals surface area contributed by atoms with Gasteiger partial charge in [0.25, 0.3) is 5.56 Å². The maximum Gasteiger partial charge on any atom is 0.276 e. The summed E-state index contributed by atoms with van der Waals surface area (Å²) in [7, 11) is 0. The Labute approximate surface area is 142 Å². The standard InChI is InChI=1S/C17H15N7O/c1-10-14(11-3-4-11)16(25)24-15(22-10)13(8-21-24)12-7-20-23(9-12)17-18-5-2-6-19-17/h2,5-9,11,21H,3-4H2,1H3. The molecule has 8 heteroatoms. The molecular formula is C17H15N7O. The fourth-order valence-electron chi connectivity index (χ4n) is 3.17. The van der Waals surface area contributed by atoms with Crippen molar-refractivity contribution in [2.45, 2.75) is 25.7 Å². The molecule has 1 saturated carbocycles. The predicted octanol–water partition coefficient (Wildman–Crippen LogP) is 1.85. The summed E-state index contributed by atoms with van der Waals surface area (Å²) in [5, 5.41) is 7.34. The summed E-state index contributed by atoms with van der Waals surface area (Å²) < 4.78 is 3.12. The fraction of sp³-hybridized carbons (Fsp3) is 0.235. The van der Waals surface area contributed by atoms with Gasteiger partial charge in [-0.05, 0) is 31.7 Å². The van der Waals surface area contributed by atoms with Crippen LogP contribution in [-0.2, 0) is 0 Å². The third-order valence-electron chi connectivity index (χ3n) is 4.52. The van der Waals surface area contributed by atoms with Gasteiger partial charge in [-0.25, -0.2) is 24.1 Å². The van der Waals surface area contributed by atoms with Crippen LogP contribution in [0.3, 0.4) is 0 Å². The Morgan fingerprint density at radius 2 is 2.04 bits per heavy atom. The Kier molecular flexibility index (Phi) is 2.87. The summed E-state index contributed by atoms with van der Waals surface area (Å²) in [5.41, 5.74) is 3.92. The highest BCUT2D eigenvalue weighted by molar-refractivity contribution is 5.76. The van der Waals surface area contributed by atoms with E-state index in [4.69, 9.17) is 0 Å². The Balaban J connectivity index is 1.65.